The van der Waals surface area contributed by atoms with Crippen LogP contribution in [0.5, 0.6) is 0 Å². The number of fused-ring (bicyclic) bond motifs is 1. The predicted molar refractivity (Wildman–Crippen MR) is 116 cm³/mol. The highest BCUT2D eigenvalue weighted by Crippen LogP contribution is 2.26. The van der Waals surface area contributed by atoms with Crippen LogP contribution in [0, 0.1) is 17.7 Å². The van der Waals surface area contributed by atoms with E-state index in [4.69, 9.17) is 5.11 Å². The van der Waals surface area contributed by atoms with Gasteiger partial charge in [-0.2, -0.15) is 0 Å². The molecule has 2 aromatic heterocycles. The lowest BCUT2D eigenvalue weighted by molar-refractivity contribution is 0.0690. The first kappa shape index (κ1) is 21.0. The number of nitrogens with one attached hydrogen (secondary N) is 1. The molecule has 0 unspecified atom stereocenters. The molecule has 4 rings (SSSR count). The molecule has 2 aromatic carbocycles. The van der Waals surface area contributed by atoms with Gasteiger partial charge in [-0.3, -0.25) is 9.71 Å². The third kappa shape index (κ3) is 4.40. The van der Waals surface area contributed by atoms with E-state index in [9.17, 15) is 17.6 Å². The molecular weight excluding hydrogens is 433 g/mol. The molecule has 0 aliphatic heterocycles. The van der Waals surface area contributed by atoms with E-state index in [1.54, 1.807) is 30.3 Å². The van der Waals surface area contributed by atoms with Crippen LogP contribution in [0.4, 0.5) is 10.1 Å². The largest absolute Gasteiger partial charge is 0.477 e. The quantitative estimate of drug-likeness (QED) is 0.462. The fourth-order valence-corrected chi connectivity index (χ4v) is 4.21. The number of aromatic carboxylic acids is 1. The molecule has 0 aliphatic carbocycles. The van der Waals surface area contributed by atoms with Gasteiger partial charge in [0.1, 0.15) is 16.4 Å². The van der Waals surface area contributed by atoms with E-state index >= 15 is 0 Å². The summed E-state index contributed by atoms with van der Waals surface area (Å²) in [5.74, 6) is 3.82. The first-order valence-electron chi connectivity index (χ1n) is 9.21. The fourth-order valence-electron chi connectivity index (χ4n) is 2.94. The minimum absolute atomic E-state index is 0.111. The van der Waals surface area contributed by atoms with Crippen molar-refractivity contribution in [2.45, 2.75) is 4.90 Å². The monoisotopic (exact) mass is 447 g/mol. The molecule has 2 N–H and O–H groups in total. The van der Waals surface area contributed by atoms with Crippen molar-refractivity contribution < 1.29 is 22.7 Å². The van der Waals surface area contributed by atoms with Gasteiger partial charge in [-0.1, -0.05) is 30.0 Å². The summed E-state index contributed by atoms with van der Waals surface area (Å²) in [5, 5.41) is 9.27. The maximum Gasteiger partial charge on any atom is 0.354 e. The van der Waals surface area contributed by atoms with Crippen LogP contribution in [0.2, 0.25) is 0 Å². The molecule has 4 aromatic rings. The van der Waals surface area contributed by atoms with Crippen molar-refractivity contribution in [3.8, 4) is 11.8 Å². The fraction of sp³-hybridized carbons (Fsp3) is 0. The molecule has 0 radical (unpaired) electrons. The van der Waals surface area contributed by atoms with Gasteiger partial charge in [0.15, 0.2) is 0 Å². The van der Waals surface area contributed by atoms with Gasteiger partial charge in [-0.25, -0.2) is 22.6 Å². The molecule has 0 amide bonds. The highest BCUT2D eigenvalue weighted by molar-refractivity contribution is 7.93. The average molecular weight is 447 g/mol. The second-order valence-corrected chi connectivity index (χ2v) is 8.27. The van der Waals surface area contributed by atoms with Crippen molar-refractivity contribution in [1.82, 2.24) is 9.97 Å². The minimum atomic E-state index is -4.18. The van der Waals surface area contributed by atoms with Gasteiger partial charge in [0, 0.05) is 28.9 Å². The number of sulfonamides is 1. The Morgan fingerprint density at radius 3 is 2.56 bits per heavy atom. The maximum atomic E-state index is 14.0. The first-order valence-corrected chi connectivity index (χ1v) is 10.7. The number of hydrogen-bond acceptors (Lipinski definition) is 5. The Morgan fingerprint density at radius 2 is 1.81 bits per heavy atom. The van der Waals surface area contributed by atoms with Crippen molar-refractivity contribution in [3.63, 3.8) is 0 Å². The van der Waals surface area contributed by atoms with E-state index in [0.717, 1.165) is 6.07 Å². The van der Waals surface area contributed by atoms with Gasteiger partial charge in [-0.15, -0.1) is 0 Å². The lowest BCUT2D eigenvalue weighted by atomic mass is 10.1. The molecule has 0 aliphatic rings. The summed E-state index contributed by atoms with van der Waals surface area (Å²) in [7, 11) is -4.18. The molecule has 0 atom stereocenters. The minimum Gasteiger partial charge on any atom is -0.477 e. The van der Waals surface area contributed by atoms with Crippen LogP contribution < -0.4 is 4.72 Å². The zero-order valence-electron chi connectivity index (χ0n) is 16.3. The van der Waals surface area contributed by atoms with E-state index < -0.39 is 21.8 Å². The van der Waals surface area contributed by atoms with Crippen LogP contribution in [0.25, 0.3) is 10.9 Å². The number of carboxylic acid groups (broad SMARTS) is 1. The van der Waals surface area contributed by atoms with Crippen molar-refractivity contribution in [2.24, 2.45) is 0 Å². The number of rotatable bonds is 4. The van der Waals surface area contributed by atoms with Crippen molar-refractivity contribution in [1.29, 1.82) is 0 Å². The number of halogens is 1. The van der Waals surface area contributed by atoms with Crippen LogP contribution in [0.3, 0.4) is 0 Å². The predicted octanol–water partition coefficient (Wildman–Crippen LogP) is 3.67. The number of aromatic nitrogens is 2. The average Bonchev–Trinajstić information content (AvgIpc) is 2.78. The van der Waals surface area contributed by atoms with Crippen LogP contribution >= 0.6 is 0 Å². The van der Waals surface area contributed by atoms with Gasteiger partial charge in [-0.05, 0) is 42.5 Å². The molecule has 0 fully saturated rings. The van der Waals surface area contributed by atoms with Gasteiger partial charge in [0.25, 0.3) is 10.0 Å². The zero-order valence-corrected chi connectivity index (χ0v) is 17.1. The molecule has 0 spiro atoms. The number of nitrogens with zero attached hydrogens (tertiary/aromatic N) is 2. The Kier molecular flexibility index (Phi) is 5.54. The Bertz CT molecular complexity index is 1510. The van der Waals surface area contributed by atoms with Crippen LogP contribution in [0.15, 0.2) is 78.0 Å². The van der Waals surface area contributed by atoms with E-state index in [1.165, 1.54) is 36.7 Å². The third-order valence-corrected chi connectivity index (χ3v) is 5.80. The molecule has 0 bridgehead atoms. The molecule has 158 valence electrons. The van der Waals surface area contributed by atoms with E-state index in [2.05, 4.69) is 26.5 Å². The second-order valence-electron chi connectivity index (χ2n) is 6.62. The van der Waals surface area contributed by atoms with E-state index in [1.807, 2.05) is 0 Å². The lowest BCUT2D eigenvalue weighted by Gasteiger charge is -2.11. The summed E-state index contributed by atoms with van der Waals surface area (Å²) in [6, 6.07) is 14.6. The number of anilines is 1. The first-order chi connectivity index (χ1) is 15.3. The van der Waals surface area contributed by atoms with Crippen molar-refractivity contribution in [2.75, 3.05) is 4.72 Å². The molecule has 2 heterocycles. The summed E-state index contributed by atoms with van der Waals surface area (Å²) in [5.41, 5.74) is 1.05. The van der Waals surface area contributed by atoms with Gasteiger partial charge < -0.3 is 5.11 Å². The third-order valence-electron chi connectivity index (χ3n) is 4.42. The van der Waals surface area contributed by atoms with E-state index in [-0.39, 0.29) is 21.8 Å². The van der Waals surface area contributed by atoms with Gasteiger partial charge >= 0.3 is 5.97 Å². The summed E-state index contributed by atoms with van der Waals surface area (Å²) in [4.78, 5) is 18.5. The molecular formula is C23H14FN3O4S. The highest BCUT2D eigenvalue weighted by Gasteiger charge is 2.21. The zero-order chi connectivity index (χ0) is 22.7. The Morgan fingerprint density at radius 1 is 1.00 bits per heavy atom. The highest BCUT2D eigenvalue weighted by atomic mass is 32.2. The normalized spacial score (nSPS) is 10.9. The van der Waals surface area contributed by atoms with Crippen molar-refractivity contribution >= 4 is 32.6 Å². The number of para-hydroxylation sites is 1. The molecule has 0 saturated carbocycles. The lowest BCUT2D eigenvalue weighted by Crippen LogP contribution is -2.15. The number of carbonyl (C=O) groups is 1. The summed E-state index contributed by atoms with van der Waals surface area (Å²) in [6.45, 7) is 0. The van der Waals surface area contributed by atoms with E-state index in [0.29, 0.717) is 16.5 Å². The second kappa shape index (κ2) is 8.45. The Hall–Kier alpha value is -4.29. The topological polar surface area (TPSA) is 109 Å². The molecule has 0 saturated heterocycles. The molecule has 9 heteroatoms. The SMILES string of the molecule is O=C(O)c1ccc(C#Cc2ccccc2NS(=O)(=O)c2cc(F)cc3cccnc23)cn1. The summed E-state index contributed by atoms with van der Waals surface area (Å²) >= 11 is 0. The molecule has 32 heavy (non-hydrogen) atoms. The van der Waals surface area contributed by atoms with Crippen molar-refractivity contribution in [3.05, 3.63) is 95.7 Å². The Labute approximate surface area is 182 Å². The smallest absolute Gasteiger partial charge is 0.354 e. The summed E-state index contributed by atoms with van der Waals surface area (Å²) < 4.78 is 42.6. The number of pyridine rings is 2. The standard InChI is InChI=1S/C23H14FN3O4S/c24-18-12-17-5-3-11-25-22(17)21(13-18)32(30,31)27-19-6-2-1-4-16(19)9-7-15-8-10-20(23(28)29)26-14-15/h1-6,8,10-14,27H,(H,28,29). The van der Waals surface area contributed by atoms with Crippen LogP contribution in [0.1, 0.15) is 21.6 Å². The Balaban J connectivity index is 1.69. The molecule has 7 nitrogen and oxygen atoms in total. The number of hydrogen-bond donors (Lipinski definition) is 2. The van der Waals surface area contributed by atoms with Gasteiger partial charge in [0.05, 0.1) is 11.2 Å². The van der Waals surface area contributed by atoms with Crippen LogP contribution in [-0.2, 0) is 10.0 Å². The van der Waals surface area contributed by atoms with Crippen LogP contribution in [-0.4, -0.2) is 29.5 Å². The number of carboxylic acids is 1. The maximum absolute atomic E-state index is 14.0. The summed E-state index contributed by atoms with van der Waals surface area (Å²) in [6.07, 6.45) is 2.75. The van der Waals surface area contributed by atoms with Gasteiger partial charge in [0.2, 0.25) is 0 Å². The number of benzene rings is 2.